The lowest BCUT2D eigenvalue weighted by Crippen LogP contribution is -2.53. The van der Waals surface area contributed by atoms with Crippen molar-refractivity contribution in [3.05, 3.63) is 0 Å². The lowest BCUT2D eigenvalue weighted by atomic mass is 9.92. The number of hydrogen-bond donors (Lipinski definition) is 3. The molecule has 2 aliphatic heterocycles. The monoisotopic (exact) mass is 283 g/mol. The molecule has 3 amide bonds. The Balaban J connectivity index is 1.86. The fourth-order valence-corrected chi connectivity index (χ4v) is 2.94. The van der Waals surface area contributed by atoms with E-state index in [0.29, 0.717) is 19.6 Å². The third kappa shape index (κ3) is 3.20. The Morgan fingerprint density at radius 1 is 1.55 bits per heavy atom. The Morgan fingerprint density at radius 3 is 3.00 bits per heavy atom. The highest BCUT2D eigenvalue weighted by Gasteiger charge is 2.42. The summed E-state index contributed by atoms with van der Waals surface area (Å²) in [5, 5.41) is 14.2. The first-order valence-corrected chi connectivity index (χ1v) is 7.03. The van der Waals surface area contributed by atoms with Crippen LogP contribution in [0.3, 0.4) is 0 Å². The SMILES string of the molecule is CC(CNC(=O)N1CCCC2C(=O)NCC21)CC(=O)O. The maximum absolute atomic E-state index is 12.2. The van der Waals surface area contributed by atoms with Crippen LogP contribution in [0.2, 0.25) is 0 Å². The zero-order chi connectivity index (χ0) is 14.7. The molecule has 2 heterocycles. The summed E-state index contributed by atoms with van der Waals surface area (Å²) in [7, 11) is 0. The van der Waals surface area contributed by atoms with Gasteiger partial charge in [-0.2, -0.15) is 0 Å². The van der Waals surface area contributed by atoms with Gasteiger partial charge in [0.2, 0.25) is 5.91 Å². The van der Waals surface area contributed by atoms with Crippen LogP contribution in [0.1, 0.15) is 26.2 Å². The molecule has 3 unspecified atom stereocenters. The van der Waals surface area contributed by atoms with Crippen LogP contribution < -0.4 is 10.6 Å². The van der Waals surface area contributed by atoms with Crippen LogP contribution >= 0.6 is 0 Å². The van der Waals surface area contributed by atoms with Crippen LogP contribution in [-0.4, -0.2) is 53.6 Å². The Bertz CT molecular complexity index is 412. The van der Waals surface area contributed by atoms with Crippen molar-refractivity contribution >= 4 is 17.9 Å². The molecule has 7 nitrogen and oxygen atoms in total. The maximum Gasteiger partial charge on any atom is 0.317 e. The molecular formula is C13H21N3O4. The molecule has 0 aromatic carbocycles. The number of carboxylic acids is 1. The summed E-state index contributed by atoms with van der Waals surface area (Å²) in [6.45, 7) is 3.28. The third-order valence-electron chi connectivity index (χ3n) is 3.99. The molecule has 0 aromatic rings. The number of carbonyl (C=O) groups is 3. The molecule has 112 valence electrons. The zero-order valence-corrected chi connectivity index (χ0v) is 11.6. The molecule has 0 bridgehead atoms. The van der Waals surface area contributed by atoms with Gasteiger partial charge < -0.3 is 20.6 Å². The van der Waals surface area contributed by atoms with E-state index in [1.807, 2.05) is 0 Å². The van der Waals surface area contributed by atoms with E-state index in [2.05, 4.69) is 10.6 Å². The Kier molecular flexibility index (Phi) is 4.46. The topological polar surface area (TPSA) is 98.7 Å². The number of amides is 3. The minimum atomic E-state index is -0.865. The smallest absolute Gasteiger partial charge is 0.317 e. The van der Waals surface area contributed by atoms with Gasteiger partial charge in [-0.3, -0.25) is 9.59 Å². The fourth-order valence-electron chi connectivity index (χ4n) is 2.94. The first-order valence-electron chi connectivity index (χ1n) is 7.03. The van der Waals surface area contributed by atoms with Crippen molar-refractivity contribution in [1.82, 2.24) is 15.5 Å². The number of likely N-dealkylation sites (tertiary alicyclic amines) is 1. The summed E-state index contributed by atoms with van der Waals surface area (Å²) in [4.78, 5) is 36.1. The standard InChI is InChI=1S/C13H21N3O4/c1-8(5-11(17)18)6-15-13(20)16-4-2-3-9-10(16)7-14-12(9)19/h8-10H,2-7H2,1H3,(H,14,19)(H,15,20)(H,17,18). The zero-order valence-electron chi connectivity index (χ0n) is 11.6. The molecule has 0 aromatic heterocycles. The van der Waals surface area contributed by atoms with E-state index in [1.165, 1.54) is 0 Å². The van der Waals surface area contributed by atoms with Gasteiger partial charge in [-0.15, -0.1) is 0 Å². The second-order valence-corrected chi connectivity index (χ2v) is 5.64. The number of rotatable bonds is 4. The van der Waals surface area contributed by atoms with E-state index >= 15 is 0 Å². The van der Waals surface area contributed by atoms with E-state index in [9.17, 15) is 14.4 Å². The Hall–Kier alpha value is -1.79. The highest BCUT2D eigenvalue weighted by atomic mass is 16.4. The third-order valence-corrected chi connectivity index (χ3v) is 3.99. The minimum Gasteiger partial charge on any atom is -0.481 e. The predicted octanol–water partition coefficient (Wildman–Crippen LogP) is 0.0172. The van der Waals surface area contributed by atoms with Gasteiger partial charge in [0.25, 0.3) is 0 Å². The van der Waals surface area contributed by atoms with E-state index in [1.54, 1.807) is 11.8 Å². The highest BCUT2D eigenvalue weighted by molar-refractivity contribution is 5.84. The van der Waals surface area contributed by atoms with Crippen molar-refractivity contribution in [3.63, 3.8) is 0 Å². The number of urea groups is 1. The fraction of sp³-hybridized carbons (Fsp3) is 0.769. The number of hydrogen-bond acceptors (Lipinski definition) is 3. The molecule has 2 fully saturated rings. The Morgan fingerprint density at radius 2 is 2.30 bits per heavy atom. The first-order chi connectivity index (χ1) is 9.49. The molecule has 0 radical (unpaired) electrons. The van der Waals surface area contributed by atoms with Crippen molar-refractivity contribution in [2.45, 2.75) is 32.2 Å². The first kappa shape index (κ1) is 14.6. The highest BCUT2D eigenvalue weighted by Crippen LogP contribution is 2.27. The van der Waals surface area contributed by atoms with Gasteiger partial charge in [0.15, 0.2) is 0 Å². The van der Waals surface area contributed by atoms with Gasteiger partial charge in [-0.05, 0) is 18.8 Å². The van der Waals surface area contributed by atoms with E-state index in [0.717, 1.165) is 12.8 Å². The molecule has 7 heteroatoms. The minimum absolute atomic E-state index is 0.0340. The average molecular weight is 283 g/mol. The summed E-state index contributed by atoms with van der Waals surface area (Å²) in [5.41, 5.74) is 0. The van der Waals surface area contributed by atoms with Crippen LogP contribution in [-0.2, 0) is 9.59 Å². The van der Waals surface area contributed by atoms with Gasteiger partial charge in [0.05, 0.1) is 12.0 Å². The normalized spacial score (nSPS) is 26.6. The van der Waals surface area contributed by atoms with E-state index < -0.39 is 5.97 Å². The lowest BCUT2D eigenvalue weighted by molar-refractivity contribution is -0.138. The molecule has 2 saturated heterocycles. The van der Waals surface area contributed by atoms with Crippen molar-refractivity contribution in [3.8, 4) is 0 Å². The van der Waals surface area contributed by atoms with Crippen molar-refractivity contribution in [2.75, 3.05) is 19.6 Å². The molecule has 20 heavy (non-hydrogen) atoms. The van der Waals surface area contributed by atoms with Gasteiger partial charge >= 0.3 is 12.0 Å². The van der Waals surface area contributed by atoms with Gasteiger partial charge in [-0.1, -0.05) is 6.92 Å². The second-order valence-electron chi connectivity index (χ2n) is 5.64. The van der Waals surface area contributed by atoms with Gasteiger partial charge in [0, 0.05) is 26.1 Å². The molecule has 2 rings (SSSR count). The number of fused-ring (bicyclic) bond motifs is 1. The number of piperidine rings is 1. The molecular weight excluding hydrogens is 262 g/mol. The lowest BCUT2D eigenvalue weighted by Gasteiger charge is -2.36. The van der Waals surface area contributed by atoms with Crippen LogP contribution in [0.15, 0.2) is 0 Å². The van der Waals surface area contributed by atoms with Crippen LogP contribution in [0.25, 0.3) is 0 Å². The number of nitrogens with zero attached hydrogens (tertiary/aromatic N) is 1. The molecule has 0 aliphatic carbocycles. The quantitative estimate of drug-likeness (QED) is 0.677. The largest absolute Gasteiger partial charge is 0.481 e. The summed E-state index contributed by atoms with van der Waals surface area (Å²) < 4.78 is 0. The molecule has 3 N–H and O–H groups in total. The van der Waals surface area contributed by atoms with E-state index in [4.69, 9.17) is 5.11 Å². The van der Waals surface area contributed by atoms with Crippen LogP contribution in [0.5, 0.6) is 0 Å². The number of carbonyl (C=O) groups excluding carboxylic acids is 2. The summed E-state index contributed by atoms with van der Waals surface area (Å²) >= 11 is 0. The molecule has 3 atom stereocenters. The van der Waals surface area contributed by atoms with Gasteiger partial charge in [-0.25, -0.2) is 4.79 Å². The molecule has 0 spiro atoms. The average Bonchev–Trinajstić information content (AvgIpc) is 2.77. The molecule has 0 saturated carbocycles. The van der Waals surface area contributed by atoms with Crippen molar-refractivity contribution in [1.29, 1.82) is 0 Å². The number of carboxylic acid groups (broad SMARTS) is 1. The number of nitrogens with one attached hydrogen (secondary N) is 2. The summed E-state index contributed by atoms with van der Waals surface area (Å²) in [5.74, 6) is -1.03. The van der Waals surface area contributed by atoms with Crippen molar-refractivity contribution < 1.29 is 19.5 Å². The number of aliphatic carboxylic acids is 1. The van der Waals surface area contributed by atoms with Crippen LogP contribution in [0.4, 0.5) is 4.79 Å². The molecule has 2 aliphatic rings. The summed E-state index contributed by atoms with van der Waals surface area (Å²) in [6, 6.07) is -0.264. The Labute approximate surface area is 117 Å². The summed E-state index contributed by atoms with van der Waals surface area (Å²) in [6.07, 6.45) is 1.69. The maximum atomic E-state index is 12.2. The second kappa shape index (κ2) is 6.11. The van der Waals surface area contributed by atoms with Gasteiger partial charge in [0.1, 0.15) is 0 Å². The van der Waals surface area contributed by atoms with Crippen LogP contribution in [0, 0.1) is 11.8 Å². The van der Waals surface area contributed by atoms with E-state index in [-0.39, 0.29) is 36.2 Å². The van der Waals surface area contributed by atoms with Crippen molar-refractivity contribution in [2.24, 2.45) is 11.8 Å². The predicted molar refractivity (Wildman–Crippen MR) is 71.0 cm³/mol.